The third-order valence-corrected chi connectivity index (χ3v) is 4.74. The van der Waals surface area contributed by atoms with Crippen LogP contribution in [0.25, 0.3) is 0 Å². The highest BCUT2D eigenvalue weighted by Gasteiger charge is 2.27. The Bertz CT molecular complexity index is 593. The molecule has 0 aliphatic heterocycles. The lowest BCUT2D eigenvalue weighted by atomic mass is 9.86. The quantitative estimate of drug-likeness (QED) is 0.801. The van der Waals surface area contributed by atoms with E-state index in [-0.39, 0.29) is 17.5 Å². The maximum absolute atomic E-state index is 13.7. The number of rotatable bonds is 4. The van der Waals surface area contributed by atoms with Crippen molar-refractivity contribution in [3.8, 4) is 0 Å². The van der Waals surface area contributed by atoms with E-state index in [4.69, 9.17) is 4.74 Å². The van der Waals surface area contributed by atoms with E-state index in [1.807, 2.05) is 0 Å². The van der Waals surface area contributed by atoms with Gasteiger partial charge in [-0.1, -0.05) is 35.7 Å². The first-order valence-corrected chi connectivity index (χ1v) is 8.64. The van der Waals surface area contributed by atoms with E-state index in [1.165, 1.54) is 25.5 Å². The molecule has 1 aliphatic carbocycles. The van der Waals surface area contributed by atoms with E-state index in [2.05, 4.69) is 28.2 Å². The molecule has 23 heavy (non-hydrogen) atoms. The molecule has 1 saturated carbocycles. The van der Waals surface area contributed by atoms with Gasteiger partial charge in [0.25, 0.3) is 5.91 Å². The van der Waals surface area contributed by atoms with Crippen molar-refractivity contribution in [1.82, 2.24) is 5.32 Å². The Morgan fingerprint density at radius 3 is 2.70 bits per heavy atom. The summed E-state index contributed by atoms with van der Waals surface area (Å²) in [6.07, 6.45) is 3.34. The number of benzene rings is 1. The van der Waals surface area contributed by atoms with E-state index in [0.717, 1.165) is 19.3 Å². The molecule has 0 saturated heterocycles. The SMILES string of the molecule is C[C@@H](OC(=O)c1ccc(Br)cc1F)C(=O)N[C@H]1CCCC[C@@H]1C. The molecule has 0 spiro atoms. The number of carbonyl (C=O) groups is 2. The topological polar surface area (TPSA) is 55.4 Å². The first-order valence-electron chi connectivity index (χ1n) is 7.85. The highest BCUT2D eigenvalue weighted by atomic mass is 79.9. The zero-order valence-corrected chi connectivity index (χ0v) is 14.9. The van der Waals surface area contributed by atoms with Gasteiger partial charge in [-0.3, -0.25) is 4.79 Å². The van der Waals surface area contributed by atoms with Crippen LogP contribution in [0.4, 0.5) is 4.39 Å². The van der Waals surface area contributed by atoms with Crippen LogP contribution < -0.4 is 5.32 Å². The second-order valence-electron chi connectivity index (χ2n) is 6.05. The molecule has 1 fully saturated rings. The maximum atomic E-state index is 13.7. The largest absolute Gasteiger partial charge is 0.449 e. The Labute approximate surface area is 143 Å². The number of nitrogens with one attached hydrogen (secondary N) is 1. The Hall–Kier alpha value is -1.43. The van der Waals surface area contributed by atoms with Gasteiger partial charge in [-0.05, 0) is 43.9 Å². The number of hydrogen-bond donors (Lipinski definition) is 1. The molecule has 4 nitrogen and oxygen atoms in total. The van der Waals surface area contributed by atoms with E-state index in [1.54, 1.807) is 6.07 Å². The predicted molar refractivity (Wildman–Crippen MR) is 88.5 cm³/mol. The van der Waals surface area contributed by atoms with Gasteiger partial charge in [0.2, 0.25) is 0 Å². The van der Waals surface area contributed by atoms with Crippen LogP contribution in [-0.4, -0.2) is 24.0 Å². The minimum absolute atomic E-state index is 0.113. The van der Waals surface area contributed by atoms with E-state index in [0.29, 0.717) is 10.4 Å². The Morgan fingerprint density at radius 1 is 1.35 bits per heavy atom. The summed E-state index contributed by atoms with van der Waals surface area (Å²) in [6.45, 7) is 3.61. The Morgan fingerprint density at radius 2 is 2.04 bits per heavy atom. The standard InChI is InChI=1S/C17H21BrFNO3/c1-10-5-3-4-6-15(10)20-16(21)11(2)23-17(22)13-8-7-12(18)9-14(13)19/h7-11,15H,3-6H2,1-2H3,(H,20,21)/t10-,11+,15-/m0/s1. The number of carbonyl (C=O) groups excluding carboxylic acids is 2. The Kier molecular flexibility index (Phi) is 6.16. The molecule has 1 N–H and O–H groups in total. The van der Waals surface area contributed by atoms with Crippen molar-refractivity contribution >= 4 is 27.8 Å². The van der Waals surface area contributed by atoms with Crippen LogP contribution in [0.1, 0.15) is 49.9 Å². The van der Waals surface area contributed by atoms with Crippen LogP contribution in [0.15, 0.2) is 22.7 Å². The van der Waals surface area contributed by atoms with Crippen LogP contribution in [0.5, 0.6) is 0 Å². The van der Waals surface area contributed by atoms with Gasteiger partial charge in [0.1, 0.15) is 5.82 Å². The van der Waals surface area contributed by atoms with Gasteiger partial charge in [-0.2, -0.15) is 0 Å². The molecule has 0 heterocycles. The van der Waals surface area contributed by atoms with Crippen molar-refractivity contribution in [3.05, 3.63) is 34.1 Å². The summed E-state index contributed by atoms with van der Waals surface area (Å²) in [5.41, 5.74) is -0.182. The Balaban J connectivity index is 1.93. The molecule has 1 aromatic carbocycles. The molecule has 3 atom stereocenters. The fraction of sp³-hybridized carbons (Fsp3) is 0.529. The zero-order chi connectivity index (χ0) is 17.0. The highest BCUT2D eigenvalue weighted by Crippen LogP contribution is 2.24. The molecule has 2 rings (SSSR count). The fourth-order valence-electron chi connectivity index (χ4n) is 2.76. The smallest absolute Gasteiger partial charge is 0.341 e. The summed E-state index contributed by atoms with van der Waals surface area (Å²) < 4.78 is 19.4. The second-order valence-corrected chi connectivity index (χ2v) is 6.96. The number of esters is 1. The van der Waals surface area contributed by atoms with Crippen LogP contribution in [0, 0.1) is 11.7 Å². The van der Waals surface area contributed by atoms with Crippen molar-refractivity contribution < 1.29 is 18.7 Å². The second kappa shape index (κ2) is 7.90. The van der Waals surface area contributed by atoms with Crippen molar-refractivity contribution in [2.75, 3.05) is 0 Å². The zero-order valence-electron chi connectivity index (χ0n) is 13.3. The van der Waals surface area contributed by atoms with Gasteiger partial charge in [-0.15, -0.1) is 0 Å². The van der Waals surface area contributed by atoms with Crippen LogP contribution in [-0.2, 0) is 9.53 Å². The third-order valence-electron chi connectivity index (χ3n) is 4.24. The van der Waals surface area contributed by atoms with Crippen molar-refractivity contribution in [3.63, 3.8) is 0 Å². The summed E-state index contributed by atoms with van der Waals surface area (Å²) in [6, 6.07) is 4.18. The van der Waals surface area contributed by atoms with Gasteiger partial charge in [0.15, 0.2) is 6.10 Å². The van der Waals surface area contributed by atoms with Gasteiger partial charge >= 0.3 is 5.97 Å². The van der Waals surface area contributed by atoms with Crippen molar-refractivity contribution in [1.29, 1.82) is 0 Å². The third kappa shape index (κ3) is 4.77. The number of hydrogen-bond acceptors (Lipinski definition) is 3. The van der Waals surface area contributed by atoms with E-state index >= 15 is 0 Å². The number of amides is 1. The van der Waals surface area contributed by atoms with Crippen LogP contribution in [0.3, 0.4) is 0 Å². The molecule has 1 aromatic rings. The van der Waals surface area contributed by atoms with Gasteiger partial charge in [0.05, 0.1) is 5.56 Å². The summed E-state index contributed by atoms with van der Waals surface area (Å²) in [5, 5.41) is 2.93. The lowest BCUT2D eigenvalue weighted by Crippen LogP contribution is -2.46. The van der Waals surface area contributed by atoms with Crippen LogP contribution in [0.2, 0.25) is 0 Å². The summed E-state index contributed by atoms with van der Waals surface area (Å²) in [4.78, 5) is 24.2. The molecule has 126 valence electrons. The first-order chi connectivity index (χ1) is 10.9. The first kappa shape index (κ1) is 17.9. The minimum Gasteiger partial charge on any atom is -0.449 e. The minimum atomic E-state index is -0.959. The van der Waals surface area contributed by atoms with Crippen molar-refractivity contribution in [2.45, 2.75) is 51.7 Å². The summed E-state index contributed by atoms with van der Waals surface area (Å²) in [5.74, 6) is -1.44. The lowest BCUT2D eigenvalue weighted by Gasteiger charge is -2.30. The molecule has 0 aromatic heterocycles. The average Bonchev–Trinajstić information content (AvgIpc) is 2.49. The van der Waals surface area contributed by atoms with Crippen LogP contribution >= 0.6 is 15.9 Å². The molecular formula is C17H21BrFNO3. The summed E-state index contributed by atoms with van der Waals surface area (Å²) in [7, 11) is 0. The fourth-order valence-corrected chi connectivity index (χ4v) is 3.10. The van der Waals surface area contributed by atoms with E-state index < -0.39 is 17.9 Å². The van der Waals surface area contributed by atoms with E-state index in [9.17, 15) is 14.0 Å². The molecule has 6 heteroatoms. The molecule has 1 aliphatic rings. The monoisotopic (exact) mass is 385 g/mol. The number of halogens is 2. The predicted octanol–water partition coefficient (Wildman–Crippen LogP) is 3.83. The average molecular weight is 386 g/mol. The normalized spacial score (nSPS) is 22.3. The lowest BCUT2D eigenvalue weighted by molar-refractivity contribution is -0.130. The van der Waals surface area contributed by atoms with Gasteiger partial charge in [0, 0.05) is 10.5 Å². The molecular weight excluding hydrogens is 365 g/mol. The molecule has 0 radical (unpaired) electrons. The summed E-state index contributed by atoms with van der Waals surface area (Å²) >= 11 is 3.12. The van der Waals surface area contributed by atoms with Crippen molar-refractivity contribution in [2.24, 2.45) is 5.92 Å². The molecule has 0 bridgehead atoms. The van der Waals surface area contributed by atoms with Gasteiger partial charge < -0.3 is 10.1 Å². The number of ether oxygens (including phenoxy) is 1. The van der Waals surface area contributed by atoms with Gasteiger partial charge in [-0.25, -0.2) is 9.18 Å². The molecule has 1 amide bonds. The maximum Gasteiger partial charge on any atom is 0.341 e. The highest BCUT2D eigenvalue weighted by molar-refractivity contribution is 9.10. The molecule has 0 unspecified atom stereocenters.